The van der Waals surface area contributed by atoms with Crippen LogP contribution in [0.2, 0.25) is 0 Å². The van der Waals surface area contributed by atoms with Gasteiger partial charge in [-0.2, -0.15) is 0 Å². The average Bonchev–Trinajstić information content (AvgIpc) is 2.91. The highest BCUT2D eigenvalue weighted by Crippen LogP contribution is 2.27. The number of para-hydroxylation sites is 1. The van der Waals surface area contributed by atoms with Crippen LogP contribution in [0.15, 0.2) is 24.3 Å². The molecule has 1 unspecified atom stereocenters. The van der Waals surface area contributed by atoms with Crippen LogP contribution in [0, 0.1) is 0 Å². The second kappa shape index (κ2) is 7.11. The number of anilines is 1. The quantitative estimate of drug-likeness (QED) is 0.871. The van der Waals surface area contributed by atoms with E-state index in [1.807, 2.05) is 38.1 Å². The second-order valence-corrected chi connectivity index (χ2v) is 5.39. The van der Waals surface area contributed by atoms with E-state index < -0.39 is 0 Å². The lowest BCUT2D eigenvalue weighted by atomic mass is 10.2. The van der Waals surface area contributed by atoms with Gasteiger partial charge < -0.3 is 10.6 Å². The highest BCUT2D eigenvalue weighted by Gasteiger charge is 2.23. The number of hydrogen-bond donors (Lipinski definition) is 2. The predicted molar refractivity (Wildman–Crippen MR) is 83.4 cm³/mol. The molecule has 114 valence electrons. The molecule has 5 nitrogen and oxygen atoms in total. The highest BCUT2D eigenvalue weighted by atomic mass is 16.2. The monoisotopic (exact) mass is 289 g/mol. The van der Waals surface area contributed by atoms with E-state index in [1.54, 1.807) is 4.90 Å². The number of carbonyl (C=O) groups is 2. The molecular weight excluding hydrogens is 266 g/mol. The first-order valence-electron chi connectivity index (χ1n) is 7.54. The van der Waals surface area contributed by atoms with Crippen molar-refractivity contribution < 1.29 is 9.59 Å². The summed E-state index contributed by atoms with van der Waals surface area (Å²) in [6.45, 7) is 5.05. The Morgan fingerprint density at radius 3 is 2.86 bits per heavy atom. The van der Waals surface area contributed by atoms with Crippen molar-refractivity contribution in [1.29, 1.82) is 0 Å². The minimum absolute atomic E-state index is 0.0218. The Morgan fingerprint density at radius 1 is 1.33 bits per heavy atom. The molecule has 1 aliphatic heterocycles. The highest BCUT2D eigenvalue weighted by molar-refractivity contribution is 5.94. The van der Waals surface area contributed by atoms with E-state index in [-0.39, 0.29) is 18.0 Å². The van der Waals surface area contributed by atoms with Gasteiger partial charge in [-0.3, -0.25) is 9.69 Å². The number of fused-ring (bicyclic) bond motifs is 1. The van der Waals surface area contributed by atoms with Gasteiger partial charge in [-0.15, -0.1) is 0 Å². The minimum atomic E-state index is -0.128. The van der Waals surface area contributed by atoms with E-state index in [0.717, 1.165) is 18.5 Å². The summed E-state index contributed by atoms with van der Waals surface area (Å²) in [7, 11) is 0. The summed E-state index contributed by atoms with van der Waals surface area (Å²) < 4.78 is 0. The van der Waals surface area contributed by atoms with Gasteiger partial charge in [0.2, 0.25) is 5.91 Å². The normalized spacial score (nSPS) is 14.5. The summed E-state index contributed by atoms with van der Waals surface area (Å²) in [5.74, 6) is -0.0218. The fourth-order valence-electron chi connectivity index (χ4n) is 2.38. The average molecular weight is 289 g/mol. The third-order valence-electron chi connectivity index (χ3n) is 3.78. The standard InChI is InChI=1S/C16H23N3O2/c1-3-12(2)18-15(20)8-10-17-16(21)19-11-9-13-6-4-5-7-14(13)19/h4-7,12H,3,8-11H2,1-2H3,(H,17,21)(H,18,20). The number of amides is 3. The van der Waals surface area contributed by atoms with Crippen molar-refractivity contribution >= 4 is 17.6 Å². The van der Waals surface area contributed by atoms with Gasteiger partial charge in [0.05, 0.1) is 0 Å². The Morgan fingerprint density at radius 2 is 2.10 bits per heavy atom. The van der Waals surface area contributed by atoms with E-state index in [0.29, 0.717) is 19.5 Å². The van der Waals surface area contributed by atoms with Crippen LogP contribution in [0.1, 0.15) is 32.3 Å². The number of urea groups is 1. The van der Waals surface area contributed by atoms with Gasteiger partial charge in [0.25, 0.3) is 0 Å². The van der Waals surface area contributed by atoms with Gasteiger partial charge in [-0.1, -0.05) is 25.1 Å². The summed E-state index contributed by atoms with van der Waals surface area (Å²) in [5, 5.41) is 5.70. The maximum Gasteiger partial charge on any atom is 0.321 e. The molecule has 21 heavy (non-hydrogen) atoms. The van der Waals surface area contributed by atoms with Gasteiger partial charge in [0, 0.05) is 31.2 Å². The van der Waals surface area contributed by atoms with Crippen LogP contribution >= 0.6 is 0 Å². The number of nitrogens with one attached hydrogen (secondary N) is 2. The zero-order valence-electron chi connectivity index (χ0n) is 12.7. The fourth-order valence-corrected chi connectivity index (χ4v) is 2.38. The van der Waals surface area contributed by atoms with Crippen LogP contribution in [0.4, 0.5) is 10.5 Å². The second-order valence-electron chi connectivity index (χ2n) is 5.39. The van der Waals surface area contributed by atoms with Crippen LogP contribution in [-0.2, 0) is 11.2 Å². The molecule has 2 N–H and O–H groups in total. The molecule has 3 amide bonds. The molecule has 0 spiro atoms. The summed E-state index contributed by atoms with van der Waals surface area (Å²) in [5.41, 5.74) is 2.17. The number of nitrogens with zero attached hydrogens (tertiary/aromatic N) is 1. The summed E-state index contributed by atoms with van der Waals surface area (Å²) >= 11 is 0. The van der Waals surface area contributed by atoms with Crippen molar-refractivity contribution in [2.24, 2.45) is 0 Å². The largest absolute Gasteiger partial charge is 0.354 e. The zero-order chi connectivity index (χ0) is 15.2. The van der Waals surface area contributed by atoms with Gasteiger partial charge in [-0.05, 0) is 31.4 Å². The molecule has 0 fully saturated rings. The lowest BCUT2D eigenvalue weighted by Gasteiger charge is -2.18. The zero-order valence-corrected chi connectivity index (χ0v) is 12.7. The molecule has 0 saturated heterocycles. The third kappa shape index (κ3) is 3.97. The van der Waals surface area contributed by atoms with Gasteiger partial charge in [0.1, 0.15) is 0 Å². The van der Waals surface area contributed by atoms with Crippen LogP contribution < -0.4 is 15.5 Å². The number of hydrogen-bond acceptors (Lipinski definition) is 2. The molecule has 0 radical (unpaired) electrons. The smallest absolute Gasteiger partial charge is 0.321 e. The predicted octanol–water partition coefficient (Wildman–Crippen LogP) is 2.06. The molecule has 1 aromatic carbocycles. The molecule has 0 aromatic heterocycles. The molecule has 0 saturated carbocycles. The molecule has 0 aliphatic carbocycles. The van der Waals surface area contributed by atoms with Crippen molar-refractivity contribution in [2.75, 3.05) is 18.0 Å². The molecule has 0 bridgehead atoms. The Bertz CT molecular complexity index is 516. The van der Waals surface area contributed by atoms with Crippen LogP contribution in [-0.4, -0.2) is 31.1 Å². The SMILES string of the molecule is CCC(C)NC(=O)CCNC(=O)N1CCc2ccccc21. The van der Waals surface area contributed by atoms with E-state index in [2.05, 4.69) is 10.6 Å². The van der Waals surface area contributed by atoms with Crippen molar-refractivity contribution in [3.8, 4) is 0 Å². The summed E-state index contributed by atoms with van der Waals surface area (Å²) in [6, 6.07) is 7.97. The lowest BCUT2D eigenvalue weighted by Crippen LogP contribution is -2.41. The molecule has 1 aromatic rings. The van der Waals surface area contributed by atoms with Crippen molar-refractivity contribution in [1.82, 2.24) is 10.6 Å². The molecule has 1 aliphatic rings. The first-order valence-corrected chi connectivity index (χ1v) is 7.54. The molecule has 1 heterocycles. The Hall–Kier alpha value is -2.04. The molecule has 2 rings (SSSR count). The minimum Gasteiger partial charge on any atom is -0.354 e. The fraction of sp³-hybridized carbons (Fsp3) is 0.500. The molecular formula is C16H23N3O2. The van der Waals surface area contributed by atoms with Crippen molar-refractivity contribution in [2.45, 2.75) is 39.2 Å². The van der Waals surface area contributed by atoms with E-state index in [4.69, 9.17) is 0 Å². The first-order chi connectivity index (χ1) is 10.1. The van der Waals surface area contributed by atoms with Gasteiger partial charge in [0.15, 0.2) is 0 Å². The van der Waals surface area contributed by atoms with Crippen LogP contribution in [0.5, 0.6) is 0 Å². The number of carbonyl (C=O) groups excluding carboxylic acids is 2. The van der Waals surface area contributed by atoms with E-state index in [9.17, 15) is 9.59 Å². The number of rotatable bonds is 5. The molecule has 5 heteroatoms. The van der Waals surface area contributed by atoms with E-state index in [1.165, 1.54) is 5.56 Å². The van der Waals surface area contributed by atoms with Crippen LogP contribution in [0.25, 0.3) is 0 Å². The van der Waals surface area contributed by atoms with E-state index >= 15 is 0 Å². The van der Waals surface area contributed by atoms with Crippen molar-refractivity contribution in [3.63, 3.8) is 0 Å². The van der Waals surface area contributed by atoms with Gasteiger partial charge in [-0.25, -0.2) is 4.79 Å². The third-order valence-corrected chi connectivity index (χ3v) is 3.78. The Labute approximate surface area is 125 Å². The Kier molecular flexibility index (Phi) is 5.20. The maximum absolute atomic E-state index is 12.2. The van der Waals surface area contributed by atoms with Gasteiger partial charge >= 0.3 is 6.03 Å². The maximum atomic E-state index is 12.2. The lowest BCUT2D eigenvalue weighted by molar-refractivity contribution is -0.121. The first kappa shape index (κ1) is 15.4. The van der Waals surface area contributed by atoms with Crippen molar-refractivity contribution in [3.05, 3.63) is 29.8 Å². The number of benzene rings is 1. The summed E-state index contributed by atoms with van der Waals surface area (Å²) in [6.07, 6.45) is 2.10. The van der Waals surface area contributed by atoms with Crippen LogP contribution in [0.3, 0.4) is 0 Å². The topological polar surface area (TPSA) is 61.4 Å². The molecule has 1 atom stereocenters. The summed E-state index contributed by atoms with van der Waals surface area (Å²) in [4.78, 5) is 25.5. The Balaban J connectivity index is 1.77.